The molecule has 0 aliphatic rings. The fourth-order valence-corrected chi connectivity index (χ4v) is 1.88. The number of rotatable bonds is 6. The van der Waals surface area contributed by atoms with E-state index >= 15 is 0 Å². The van der Waals surface area contributed by atoms with Gasteiger partial charge in [0.25, 0.3) is 0 Å². The Morgan fingerprint density at radius 1 is 1.43 bits per heavy atom. The van der Waals surface area contributed by atoms with Crippen LogP contribution in [0.2, 0.25) is 0 Å². The van der Waals surface area contributed by atoms with Crippen molar-refractivity contribution < 1.29 is 14.6 Å². The van der Waals surface area contributed by atoms with Gasteiger partial charge in [0.15, 0.2) is 0 Å². The summed E-state index contributed by atoms with van der Waals surface area (Å²) < 4.78 is 5.13. The summed E-state index contributed by atoms with van der Waals surface area (Å²) in [5, 5.41) is 11.7. The Bertz CT molecular complexity index is 516. The minimum Gasteiger partial charge on any atom is -0.384 e. The lowest BCUT2D eigenvalue weighted by atomic mass is 10.0. The number of amides is 1. The van der Waals surface area contributed by atoms with Crippen molar-refractivity contribution in [2.75, 3.05) is 13.7 Å². The monoisotopic (exact) mass is 289 g/mol. The Kier molecular flexibility index (Phi) is 7.52. The summed E-state index contributed by atoms with van der Waals surface area (Å²) >= 11 is 0. The van der Waals surface area contributed by atoms with Gasteiger partial charge in [-0.1, -0.05) is 24.0 Å². The average Bonchev–Trinajstić information content (AvgIpc) is 2.50. The highest BCUT2D eigenvalue weighted by atomic mass is 16.5. The van der Waals surface area contributed by atoms with Crippen LogP contribution in [-0.4, -0.2) is 30.8 Å². The molecule has 0 radical (unpaired) electrons. The third-order valence-electron chi connectivity index (χ3n) is 3.26. The summed E-state index contributed by atoms with van der Waals surface area (Å²) in [6.07, 6.45) is 1.24. The van der Waals surface area contributed by atoms with Gasteiger partial charge in [-0.3, -0.25) is 4.79 Å². The highest BCUT2D eigenvalue weighted by Gasteiger charge is 2.11. The van der Waals surface area contributed by atoms with Gasteiger partial charge in [0, 0.05) is 19.1 Å². The summed E-state index contributed by atoms with van der Waals surface area (Å²) in [4.78, 5) is 11.9. The normalized spacial score (nSPS) is 13.0. The molecule has 0 aliphatic heterocycles. The van der Waals surface area contributed by atoms with Gasteiger partial charge in [0.1, 0.15) is 6.61 Å². The van der Waals surface area contributed by atoms with Crippen molar-refractivity contribution >= 4 is 5.91 Å². The summed E-state index contributed by atoms with van der Waals surface area (Å²) in [6.45, 7) is 3.73. The largest absolute Gasteiger partial charge is 0.384 e. The number of nitrogens with one attached hydrogen (secondary N) is 1. The van der Waals surface area contributed by atoms with Gasteiger partial charge in [0.05, 0.1) is 12.1 Å². The molecule has 0 bridgehead atoms. The molecule has 114 valence electrons. The predicted octanol–water partition coefficient (Wildman–Crippen LogP) is 2.02. The summed E-state index contributed by atoms with van der Waals surface area (Å²) in [5.74, 6) is 5.49. The summed E-state index contributed by atoms with van der Waals surface area (Å²) in [7, 11) is 1.64. The zero-order valence-electron chi connectivity index (χ0n) is 12.8. The molecule has 1 amide bonds. The summed E-state index contributed by atoms with van der Waals surface area (Å²) in [5.41, 5.74) is 1.82. The molecule has 4 nitrogen and oxygen atoms in total. The van der Waals surface area contributed by atoms with E-state index in [2.05, 4.69) is 17.2 Å². The van der Waals surface area contributed by atoms with Crippen LogP contribution in [-0.2, 0) is 9.53 Å². The van der Waals surface area contributed by atoms with E-state index in [0.717, 1.165) is 11.1 Å². The maximum absolute atomic E-state index is 11.9. The smallest absolute Gasteiger partial charge is 0.220 e. The van der Waals surface area contributed by atoms with Crippen LogP contribution in [0.15, 0.2) is 24.3 Å². The molecular formula is C17H23NO3. The Morgan fingerprint density at radius 3 is 2.86 bits per heavy atom. The minimum absolute atomic E-state index is 0.0123. The molecule has 0 aliphatic carbocycles. The van der Waals surface area contributed by atoms with E-state index in [0.29, 0.717) is 12.8 Å². The van der Waals surface area contributed by atoms with E-state index in [4.69, 9.17) is 9.84 Å². The van der Waals surface area contributed by atoms with Crippen molar-refractivity contribution in [3.63, 3.8) is 0 Å². The van der Waals surface area contributed by atoms with Gasteiger partial charge < -0.3 is 15.2 Å². The van der Waals surface area contributed by atoms with Gasteiger partial charge in [-0.2, -0.15) is 0 Å². The maximum atomic E-state index is 11.9. The molecule has 0 aromatic heterocycles. The number of aliphatic hydroxyl groups excluding tert-OH is 1. The van der Waals surface area contributed by atoms with Crippen LogP contribution in [0.4, 0.5) is 0 Å². The predicted molar refractivity (Wildman–Crippen MR) is 82.7 cm³/mol. The quantitative estimate of drug-likeness (QED) is 0.788. The van der Waals surface area contributed by atoms with E-state index in [1.807, 2.05) is 38.1 Å². The lowest BCUT2D eigenvalue weighted by Crippen LogP contribution is -2.27. The first kappa shape index (κ1) is 17.2. The molecule has 1 aromatic rings. The number of carbonyl (C=O) groups is 1. The molecule has 0 heterocycles. The lowest BCUT2D eigenvalue weighted by Gasteiger charge is -2.15. The third kappa shape index (κ3) is 6.44. The van der Waals surface area contributed by atoms with E-state index in [-0.39, 0.29) is 24.7 Å². The third-order valence-corrected chi connectivity index (χ3v) is 3.26. The number of benzene rings is 1. The molecular weight excluding hydrogens is 266 g/mol. The molecule has 0 spiro atoms. The van der Waals surface area contributed by atoms with Gasteiger partial charge in [-0.05, 0) is 38.0 Å². The Labute approximate surface area is 126 Å². The minimum atomic E-state index is -0.159. The molecule has 0 saturated carbocycles. The number of aliphatic hydroxyl groups is 1. The van der Waals surface area contributed by atoms with Crippen molar-refractivity contribution in [2.24, 2.45) is 0 Å². The van der Waals surface area contributed by atoms with E-state index < -0.39 is 0 Å². The van der Waals surface area contributed by atoms with E-state index in [1.165, 1.54) is 0 Å². The first-order valence-corrected chi connectivity index (χ1v) is 7.08. The number of carbonyl (C=O) groups excluding carboxylic acids is 1. The van der Waals surface area contributed by atoms with Crippen LogP contribution >= 0.6 is 0 Å². The highest BCUT2D eigenvalue weighted by molar-refractivity contribution is 5.76. The van der Waals surface area contributed by atoms with Crippen molar-refractivity contribution in [3.8, 4) is 11.8 Å². The van der Waals surface area contributed by atoms with Gasteiger partial charge in [-0.15, -0.1) is 0 Å². The second-order valence-electron chi connectivity index (χ2n) is 4.96. The van der Waals surface area contributed by atoms with Crippen LogP contribution in [0.25, 0.3) is 0 Å². The molecule has 1 aromatic carbocycles. The molecule has 2 unspecified atom stereocenters. The fraction of sp³-hybridized carbons (Fsp3) is 0.471. The van der Waals surface area contributed by atoms with E-state index in [9.17, 15) is 4.79 Å². The Balaban J connectivity index is 2.58. The zero-order valence-corrected chi connectivity index (χ0v) is 12.8. The zero-order chi connectivity index (χ0) is 15.7. The number of hydrogen-bond acceptors (Lipinski definition) is 3. The maximum Gasteiger partial charge on any atom is 0.220 e. The van der Waals surface area contributed by atoms with Crippen LogP contribution in [0.5, 0.6) is 0 Å². The van der Waals surface area contributed by atoms with Gasteiger partial charge >= 0.3 is 0 Å². The van der Waals surface area contributed by atoms with Crippen molar-refractivity contribution in [1.82, 2.24) is 5.32 Å². The number of hydrogen-bond donors (Lipinski definition) is 2. The van der Waals surface area contributed by atoms with Crippen LogP contribution in [0.1, 0.15) is 43.9 Å². The molecule has 0 fully saturated rings. The molecule has 2 N–H and O–H groups in total. The molecule has 2 atom stereocenters. The van der Waals surface area contributed by atoms with Crippen LogP contribution < -0.4 is 5.32 Å². The number of methoxy groups -OCH3 is 1. The fourth-order valence-electron chi connectivity index (χ4n) is 1.88. The first-order valence-electron chi connectivity index (χ1n) is 7.08. The van der Waals surface area contributed by atoms with Crippen LogP contribution in [0, 0.1) is 11.8 Å². The molecule has 4 heteroatoms. The van der Waals surface area contributed by atoms with Crippen molar-refractivity contribution in [3.05, 3.63) is 35.4 Å². The second-order valence-corrected chi connectivity index (χ2v) is 4.96. The molecule has 21 heavy (non-hydrogen) atoms. The molecule has 0 saturated heterocycles. The topological polar surface area (TPSA) is 58.6 Å². The SMILES string of the molecule is COC(C)CCC(=O)NC(C)c1cccc(C#CCO)c1. The first-order chi connectivity index (χ1) is 10.1. The Hall–Kier alpha value is -1.83. The summed E-state index contributed by atoms with van der Waals surface area (Å²) in [6, 6.07) is 7.57. The highest BCUT2D eigenvalue weighted by Crippen LogP contribution is 2.14. The lowest BCUT2D eigenvalue weighted by molar-refractivity contribution is -0.122. The number of ether oxygens (including phenoxy) is 1. The van der Waals surface area contributed by atoms with Crippen LogP contribution in [0.3, 0.4) is 0 Å². The van der Waals surface area contributed by atoms with Gasteiger partial charge in [0.2, 0.25) is 5.91 Å². The molecule has 1 rings (SSSR count). The average molecular weight is 289 g/mol. The van der Waals surface area contributed by atoms with Gasteiger partial charge in [-0.25, -0.2) is 0 Å². The second kappa shape index (κ2) is 9.17. The van der Waals surface area contributed by atoms with Crippen molar-refractivity contribution in [1.29, 1.82) is 0 Å². The Morgan fingerprint density at radius 2 is 2.19 bits per heavy atom. The standard InChI is InChI=1S/C17H23NO3/c1-13(21-3)9-10-17(20)18-14(2)16-8-4-6-15(12-16)7-5-11-19/h4,6,8,12-14,19H,9-11H2,1-3H3,(H,18,20). The van der Waals surface area contributed by atoms with Crippen molar-refractivity contribution in [2.45, 2.75) is 38.8 Å². The van der Waals surface area contributed by atoms with E-state index in [1.54, 1.807) is 7.11 Å².